The number of H-pyrrole nitrogens is 1. The van der Waals surface area contributed by atoms with E-state index >= 15 is 0 Å². The molecule has 0 atom stereocenters. The minimum absolute atomic E-state index is 0.0354. The fourth-order valence-corrected chi connectivity index (χ4v) is 1.77. The molecule has 16 heavy (non-hydrogen) atoms. The van der Waals surface area contributed by atoms with Crippen LogP contribution in [0.1, 0.15) is 21.6 Å². The Morgan fingerprint density at radius 2 is 2.00 bits per heavy atom. The molecule has 0 unspecified atom stereocenters. The van der Waals surface area contributed by atoms with Gasteiger partial charge in [-0.1, -0.05) is 12.1 Å². The van der Waals surface area contributed by atoms with Gasteiger partial charge in [-0.3, -0.25) is 4.79 Å². The highest BCUT2D eigenvalue weighted by atomic mass is 16.4. The lowest BCUT2D eigenvalue weighted by atomic mass is 10.1. The van der Waals surface area contributed by atoms with Crippen molar-refractivity contribution in [2.75, 3.05) is 0 Å². The Labute approximate surface area is 91.5 Å². The number of carboxylic acid groups (broad SMARTS) is 1. The lowest BCUT2D eigenvalue weighted by molar-refractivity contribution is 0.0690. The largest absolute Gasteiger partial charge is 0.477 e. The number of pyridine rings is 1. The molecule has 1 aromatic heterocycles. The predicted octanol–water partition coefficient (Wildman–Crippen LogP) is 1.84. The van der Waals surface area contributed by atoms with Crippen LogP contribution in [0, 0.1) is 13.8 Å². The molecular weight excluding hydrogens is 206 g/mol. The van der Waals surface area contributed by atoms with Gasteiger partial charge in [-0.15, -0.1) is 0 Å². The molecule has 0 aliphatic rings. The van der Waals surface area contributed by atoms with Crippen molar-refractivity contribution in [3.8, 4) is 0 Å². The molecule has 2 rings (SSSR count). The molecule has 0 amide bonds. The van der Waals surface area contributed by atoms with Crippen molar-refractivity contribution in [2.24, 2.45) is 0 Å². The molecule has 0 saturated heterocycles. The zero-order valence-electron chi connectivity index (χ0n) is 9.00. The molecule has 0 aliphatic heterocycles. The molecule has 82 valence electrons. The van der Waals surface area contributed by atoms with Gasteiger partial charge in [-0.25, -0.2) is 4.79 Å². The maximum atomic E-state index is 11.9. The van der Waals surface area contributed by atoms with Crippen LogP contribution < -0.4 is 5.43 Å². The van der Waals surface area contributed by atoms with Gasteiger partial charge in [0.1, 0.15) is 5.69 Å². The Morgan fingerprint density at radius 3 is 2.62 bits per heavy atom. The van der Waals surface area contributed by atoms with Crippen molar-refractivity contribution in [1.29, 1.82) is 0 Å². The highest BCUT2D eigenvalue weighted by Crippen LogP contribution is 2.15. The average molecular weight is 217 g/mol. The van der Waals surface area contributed by atoms with E-state index in [-0.39, 0.29) is 16.7 Å². The first-order valence-electron chi connectivity index (χ1n) is 4.88. The van der Waals surface area contributed by atoms with Crippen LogP contribution in [0.3, 0.4) is 0 Å². The summed E-state index contributed by atoms with van der Waals surface area (Å²) in [5.41, 5.74) is 1.43. The Kier molecular flexibility index (Phi) is 2.27. The van der Waals surface area contributed by atoms with Crippen LogP contribution in [0.2, 0.25) is 0 Å². The number of aromatic nitrogens is 1. The monoisotopic (exact) mass is 217 g/mol. The average Bonchev–Trinajstić information content (AvgIpc) is 2.23. The van der Waals surface area contributed by atoms with Gasteiger partial charge in [0.15, 0.2) is 5.43 Å². The molecule has 0 spiro atoms. The zero-order chi connectivity index (χ0) is 11.9. The van der Waals surface area contributed by atoms with Gasteiger partial charge in [0.05, 0.1) is 5.52 Å². The van der Waals surface area contributed by atoms with Crippen molar-refractivity contribution < 1.29 is 9.90 Å². The maximum Gasteiger partial charge on any atom is 0.352 e. The third-order valence-electron chi connectivity index (χ3n) is 2.70. The van der Waals surface area contributed by atoms with Gasteiger partial charge in [0.25, 0.3) is 0 Å². The topological polar surface area (TPSA) is 70.2 Å². The van der Waals surface area contributed by atoms with Gasteiger partial charge >= 0.3 is 5.97 Å². The molecule has 0 aliphatic carbocycles. The van der Waals surface area contributed by atoms with E-state index in [9.17, 15) is 9.59 Å². The molecule has 0 fully saturated rings. The Hall–Kier alpha value is -2.10. The predicted molar refractivity (Wildman–Crippen MR) is 61.0 cm³/mol. The van der Waals surface area contributed by atoms with Crippen LogP contribution in [0.5, 0.6) is 0 Å². The van der Waals surface area contributed by atoms with Gasteiger partial charge in [-0.05, 0) is 25.5 Å². The molecule has 1 aromatic carbocycles. The van der Waals surface area contributed by atoms with E-state index in [2.05, 4.69) is 4.98 Å². The molecule has 0 radical (unpaired) electrons. The second-order valence-electron chi connectivity index (χ2n) is 3.76. The van der Waals surface area contributed by atoms with E-state index in [1.165, 1.54) is 6.92 Å². The molecule has 2 aromatic rings. The number of aromatic carboxylic acids is 1. The standard InChI is InChI=1S/C12H11NO3/c1-6-4-3-5-8-9(6)13-10(12(15)16)7(2)11(8)14/h3-5H,1-2H3,(H,13,14)(H,15,16). The van der Waals surface area contributed by atoms with E-state index in [0.29, 0.717) is 10.9 Å². The summed E-state index contributed by atoms with van der Waals surface area (Å²) in [4.78, 5) is 25.7. The summed E-state index contributed by atoms with van der Waals surface area (Å²) in [5, 5.41) is 9.50. The normalized spacial score (nSPS) is 10.6. The molecule has 1 heterocycles. The number of hydrogen-bond donors (Lipinski definition) is 2. The third-order valence-corrected chi connectivity index (χ3v) is 2.70. The van der Waals surface area contributed by atoms with Crippen molar-refractivity contribution in [1.82, 2.24) is 4.98 Å². The number of aromatic amines is 1. The number of benzene rings is 1. The second-order valence-corrected chi connectivity index (χ2v) is 3.76. The SMILES string of the molecule is Cc1c(C(=O)O)[nH]c2c(C)cccc2c1=O. The number of carbonyl (C=O) groups is 1. The van der Waals surface area contributed by atoms with E-state index in [0.717, 1.165) is 5.56 Å². The van der Waals surface area contributed by atoms with Crippen LogP contribution in [0.4, 0.5) is 0 Å². The smallest absolute Gasteiger partial charge is 0.352 e. The van der Waals surface area contributed by atoms with Crippen molar-refractivity contribution in [3.05, 3.63) is 45.2 Å². The van der Waals surface area contributed by atoms with E-state index in [1.54, 1.807) is 12.1 Å². The summed E-state index contributed by atoms with van der Waals surface area (Å²) in [6, 6.07) is 5.31. The minimum atomic E-state index is -1.11. The van der Waals surface area contributed by atoms with Crippen molar-refractivity contribution >= 4 is 16.9 Å². The first-order valence-corrected chi connectivity index (χ1v) is 4.88. The van der Waals surface area contributed by atoms with Gasteiger partial charge < -0.3 is 10.1 Å². The summed E-state index contributed by atoms with van der Waals surface area (Å²) in [7, 11) is 0. The van der Waals surface area contributed by atoms with Crippen LogP contribution in [0.25, 0.3) is 10.9 Å². The number of rotatable bonds is 1. The molecule has 4 heteroatoms. The summed E-state index contributed by atoms with van der Waals surface area (Å²) in [6.07, 6.45) is 0. The van der Waals surface area contributed by atoms with Crippen molar-refractivity contribution in [3.63, 3.8) is 0 Å². The number of para-hydroxylation sites is 1. The fourth-order valence-electron chi connectivity index (χ4n) is 1.77. The quantitative estimate of drug-likeness (QED) is 0.765. The molecule has 0 saturated carbocycles. The first-order chi connectivity index (χ1) is 7.52. The third kappa shape index (κ3) is 1.39. The van der Waals surface area contributed by atoms with E-state index < -0.39 is 5.97 Å². The Morgan fingerprint density at radius 1 is 1.31 bits per heavy atom. The van der Waals surface area contributed by atoms with Crippen LogP contribution in [-0.4, -0.2) is 16.1 Å². The summed E-state index contributed by atoms with van der Waals surface area (Å²) in [5.74, 6) is -1.11. The van der Waals surface area contributed by atoms with Crippen LogP contribution in [-0.2, 0) is 0 Å². The van der Waals surface area contributed by atoms with Gasteiger partial charge in [0, 0.05) is 10.9 Å². The number of carboxylic acids is 1. The Bertz CT molecular complexity index is 640. The van der Waals surface area contributed by atoms with E-state index in [4.69, 9.17) is 5.11 Å². The number of fused-ring (bicyclic) bond motifs is 1. The lowest BCUT2D eigenvalue weighted by Crippen LogP contribution is -2.15. The highest BCUT2D eigenvalue weighted by molar-refractivity contribution is 5.92. The lowest BCUT2D eigenvalue weighted by Gasteiger charge is -2.06. The fraction of sp³-hybridized carbons (Fsp3) is 0.167. The number of aryl methyl sites for hydroxylation is 1. The zero-order valence-corrected chi connectivity index (χ0v) is 9.00. The van der Waals surface area contributed by atoms with E-state index in [1.807, 2.05) is 13.0 Å². The highest BCUT2D eigenvalue weighted by Gasteiger charge is 2.13. The van der Waals surface area contributed by atoms with Crippen LogP contribution >= 0.6 is 0 Å². The first kappa shape index (κ1) is 10.4. The van der Waals surface area contributed by atoms with Crippen molar-refractivity contribution in [2.45, 2.75) is 13.8 Å². The van der Waals surface area contributed by atoms with Crippen LogP contribution in [0.15, 0.2) is 23.0 Å². The minimum Gasteiger partial charge on any atom is -0.477 e. The second kappa shape index (κ2) is 3.48. The molecule has 2 N–H and O–H groups in total. The molecule has 4 nitrogen and oxygen atoms in total. The maximum absolute atomic E-state index is 11.9. The molecular formula is C12H11NO3. The van der Waals surface area contributed by atoms with Gasteiger partial charge in [-0.2, -0.15) is 0 Å². The molecule has 0 bridgehead atoms. The number of hydrogen-bond acceptors (Lipinski definition) is 2. The van der Waals surface area contributed by atoms with Gasteiger partial charge in [0.2, 0.25) is 0 Å². The number of nitrogens with one attached hydrogen (secondary N) is 1. The summed E-state index contributed by atoms with van der Waals surface area (Å²) >= 11 is 0. The Balaban J connectivity index is 3.01. The summed E-state index contributed by atoms with van der Waals surface area (Å²) in [6.45, 7) is 3.35. The summed E-state index contributed by atoms with van der Waals surface area (Å²) < 4.78 is 0.